The normalized spacial score (nSPS) is 16.0. The fourth-order valence-electron chi connectivity index (χ4n) is 1.70. The molecule has 1 aromatic rings. The molecular weight excluding hydrogens is 256 g/mol. The third-order valence-electron chi connectivity index (χ3n) is 3.50. The van der Waals surface area contributed by atoms with Crippen LogP contribution >= 0.6 is 0 Å². The van der Waals surface area contributed by atoms with Crippen molar-refractivity contribution in [1.82, 2.24) is 15.1 Å². The molecule has 1 unspecified atom stereocenters. The summed E-state index contributed by atoms with van der Waals surface area (Å²) in [7, 11) is 0. The summed E-state index contributed by atoms with van der Waals surface area (Å²) in [4.78, 5) is 23.7. The minimum Gasteiger partial charge on any atom is -0.381 e. The van der Waals surface area contributed by atoms with E-state index in [2.05, 4.69) is 15.7 Å². The number of hydrogen-bond donors (Lipinski definition) is 2. The highest BCUT2D eigenvalue weighted by Gasteiger charge is 2.21. The topological polar surface area (TPSA) is 76.0 Å². The SMILES string of the molecule is CC(C)C(C)NC(=O)Cn1ncc(NC2CC2)cc1=O. The number of aromatic nitrogens is 2. The van der Waals surface area contributed by atoms with Crippen LogP contribution in [0.5, 0.6) is 0 Å². The number of nitrogens with one attached hydrogen (secondary N) is 2. The number of anilines is 1. The quantitative estimate of drug-likeness (QED) is 0.813. The first-order valence-corrected chi connectivity index (χ1v) is 7.09. The molecule has 0 spiro atoms. The molecule has 0 saturated heterocycles. The smallest absolute Gasteiger partial charge is 0.269 e. The number of hydrogen-bond acceptors (Lipinski definition) is 4. The van der Waals surface area contributed by atoms with Crippen LogP contribution in [0.25, 0.3) is 0 Å². The van der Waals surface area contributed by atoms with Crippen molar-refractivity contribution in [1.29, 1.82) is 0 Å². The second-order valence-electron chi connectivity index (χ2n) is 5.76. The highest BCUT2D eigenvalue weighted by Crippen LogP contribution is 2.23. The summed E-state index contributed by atoms with van der Waals surface area (Å²) < 4.78 is 1.18. The molecular formula is C14H22N4O2. The zero-order valence-electron chi connectivity index (χ0n) is 12.2. The maximum Gasteiger partial charge on any atom is 0.269 e. The van der Waals surface area contributed by atoms with Gasteiger partial charge in [-0.05, 0) is 25.7 Å². The van der Waals surface area contributed by atoms with Gasteiger partial charge in [-0.1, -0.05) is 13.8 Å². The van der Waals surface area contributed by atoms with E-state index in [0.29, 0.717) is 12.0 Å². The largest absolute Gasteiger partial charge is 0.381 e. The first-order valence-electron chi connectivity index (χ1n) is 7.09. The monoisotopic (exact) mass is 278 g/mol. The van der Waals surface area contributed by atoms with Gasteiger partial charge in [0.25, 0.3) is 5.56 Å². The van der Waals surface area contributed by atoms with E-state index < -0.39 is 0 Å². The molecule has 1 atom stereocenters. The average molecular weight is 278 g/mol. The Morgan fingerprint density at radius 2 is 2.15 bits per heavy atom. The fourth-order valence-corrected chi connectivity index (χ4v) is 1.70. The lowest BCUT2D eigenvalue weighted by Gasteiger charge is -2.17. The van der Waals surface area contributed by atoms with Gasteiger partial charge in [-0.3, -0.25) is 9.59 Å². The Balaban J connectivity index is 1.95. The first-order chi connectivity index (χ1) is 9.45. The minimum atomic E-state index is -0.261. The molecule has 2 rings (SSSR count). The van der Waals surface area contributed by atoms with Crippen molar-refractivity contribution in [3.05, 3.63) is 22.6 Å². The van der Waals surface area contributed by atoms with E-state index in [1.165, 1.54) is 10.7 Å². The molecule has 0 bridgehead atoms. The molecule has 2 N–H and O–H groups in total. The minimum absolute atomic E-state index is 0.0421. The molecule has 6 nitrogen and oxygen atoms in total. The van der Waals surface area contributed by atoms with Gasteiger partial charge in [0.05, 0.1) is 11.9 Å². The van der Waals surface area contributed by atoms with E-state index >= 15 is 0 Å². The average Bonchev–Trinajstić information content (AvgIpc) is 3.16. The van der Waals surface area contributed by atoms with Crippen LogP contribution in [-0.2, 0) is 11.3 Å². The van der Waals surface area contributed by atoms with Crippen molar-refractivity contribution in [2.75, 3.05) is 5.32 Å². The van der Waals surface area contributed by atoms with Gasteiger partial charge >= 0.3 is 0 Å². The highest BCUT2D eigenvalue weighted by molar-refractivity contribution is 5.75. The summed E-state index contributed by atoms with van der Waals surface area (Å²) in [6.07, 6.45) is 3.87. The molecule has 1 aliphatic rings. The van der Waals surface area contributed by atoms with E-state index in [0.717, 1.165) is 18.5 Å². The summed E-state index contributed by atoms with van der Waals surface area (Å²) in [5, 5.41) is 10.1. The third-order valence-corrected chi connectivity index (χ3v) is 3.50. The Hall–Kier alpha value is -1.85. The van der Waals surface area contributed by atoms with Crippen LogP contribution in [0.4, 0.5) is 5.69 Å². The lowest BCUT2D eigenvalue weighted by Crippen LogP contribution is -2.40. The molecule has 0 radical (unpaired) electrons. The summed E-state index contributed by atoms with van der Waals surface area (Å²) in [5.74, 6) is 0.164. The van der Waals surface area contributed by atoms with Crippen LogP contribution < -0.4 is 16.2 Å². The van der Waals surface area contributed by atoms with Crippen molar-refractivity contribution in [2.45, 2.75) is 52.2 Å². The molecule has 1 amide bonds. The van der Waals surface area contributed by atoms with Gasteiger partial charge in [0.1, 0.15) is 6.54 Å². The molecule has 1 aliphatic carbocycles. The van der Waals surface area contributed by atoms with Crippen LogP contribution in [-0.4, -0.2) is 27.8 Å². The van der Waals surface area contributed by atoms with Gasteiger partial charge in [-0.2, -0.15) is 5.10 Å². The number of carbonyl (C=O) groups is 1. The van der Waals surface area contributed by atoms with Gasteiger partial charge in [0.2, 0.25) is 5.91 Å². The fraction of sp³-hybridized carbons (Fsp3) is 0.643. The number of carbonyl (C=O) groups excluding carboxylic acids is 1. The first kappa shape index (κ1) is 14.6. The van der Waals surface area contributed by atoms with E-state index in [1.54, 1.807) is 6.20 Å². The van der Waals surface area contributed by atoms with E-state index in [-0.39, 0.29) is 24.1 Å². The van der Waals surface area contributed by atoms with E-state index in [9.17, 15) is 9.59 Å². The molecule has 1 fully saturated rings. The van der Waals surface area contributed by atoms with Gasteiger partial charge in [-0.15, -0.1) is 0 Å². The van der Waals surface area contributed by atoms with Crippen LogP contribution in [0.3, 0.4) is 0 Å². The molecule has 1 saturated carbocycles. The van der Waals surface area contributed by atoms with Crippen molar-refractivity contribution in [3.63, 3.8) is 0 Å². The molecule has 6 heteroatoms. The Morgan fingerprint density at radius 3 is 2.70 bits per heavy atom. The zero-order valence-corrected chi connectivity index (χ0v) is 12.2. The maximum absolute atomic E-state index is 11.9. The predicted molar refractivity (Wildman–Crippen MR) is 77.6 cm³/mol. The molecule has 0 aromatic carbocycles. The van der Waals surface area contributed by atoms with Crippen LogP contribution in [0.2, 0.25) is 0 Å². The van der Waals surface area contributed by atoms with E-state index in [4.69, 9.17) is 0 Å². The van der Waals surface area contributed by atoms with Crippen LogP contribution in [0.15, 0.2) is 17.1 Å². The number of amides is 1. The Kier molecular flexibility index (Phi) is 4.42. The van der Waals surface area contributed by atoms with Gasteiger partial charge < -0.3 is 10.6 Å². The van der Waals surface area contributed by atoms with E-state index in [1.807, 2.05) is 20.8 Å². The van der Waals surface area contributed by atoms with Crippen LogP contribution in [0.1, 0.15) is 33.6 Å². The maximum atomic E-state index is 11.9. The molecule has 110 valence electrons. The lowest BCUT2D eigenvalue weighted by molar-refractivity contribution is -0.122. The second-order valence-corrected chi connectivity index (χ2v) is 5.76. The summed E-state index contributed by atoms with van der Waals surface area (Å²) in [5.41, 5.74) is 0.465. The van der Waals surface area contributed by atoms with Crippen molar-refractivity contribution in [3.8, 4) is 0 Å². The lowest BCUT2D eigenvalue weighted by atomic mass is 10.1. The van der Waals surface area contributed by atoms with Gasteiger partial charge in [0.15, 0.2) is 0 Å². The summed E-state index contributed by atoms with van der Waals surface area (Å²) >= 11 is 0. The molecule has 0 aliphatic heterocycles. The predicted octanol–water partition coefficient (Wildman–Crippen LogP) is 0.978. The molecule has 1 heterocycles. The molecule has 20 heavy (non-hydrogen) atoms. The van der Waals surface area contributed by atoms with Crippen molar-refractivity contribution >= 4 is 11.6 Å². The van der Waals surface area contributed by atoms with Crippen molar-refractivity contribution in [2.24, 2.45) is 5.92 Å². The number of nitrogens with zero attached hydrogens (tertiary/aromatic N) is 2. The standard InChI is InChI=1S/C14H22N4O2/c1-9(2)10(3)16-13(19)8-18-14(20)6-12(7-15-18)17-11-4-5-11/h6-7,9-11,17H,4-5,8H2,1-3H3,(H,16,19). The van der Waals surface area contributed by atoms with Gasteiger partial charge in [-0.25, -0.2) is 4.68 Å². The third kappa shape index (κ3) is 4.08. The number of rotatable bonds is 6. The Morgan fingerprint density at radius 1 is 1.45 bits per heavy atom. The van der Waals surface area contributed by atoms with Crippen molar-refractivity contribution < 1.29 is 4.79 Å². The summed E-state index contributed by atoms with van der Waals surface area (Å²) in [6, 6.07) is 2.04. The summed E-state index contributed by atoms with van der Waals surface area (Å²) in [6.45, 7) is 5.97. The zero-order chi connectivity index (χ0) is 14.7. The Labute approximate surface area is 118 Å². The van der Waals surface area contributed by atoms with Gasteiger partial charge in [0, 0.05) is 18.2 Å². The highest BCUT2D eigenvalue weighted by atomic mass is 16.2. The molecule has 1 aromatic heterocycles. The Bertz CT molecular complexity index is 534. The van der Waals surface area contributed by atoms with Crippen LogP contribution in [0, 0.1) is 5.92 Å². The second kappa shape index (κ2) is 6.07.